The molecule has 0 atom stereocenters. The Morgan fingerprint density at radius 2 is 0.672 bits per heavy atom. The van der Waals surface area contributed by atoms with Crippen LogP contribution in [-0.2, 0) is 0 Å². The van der Waals surface area contributed by atoms with Crippen LogP contribution in [0.4, 0.5) is 0 Å². The van der Waals surface area contributed by atoms with E-state index in [0.29, 0.717) is 23.3 Å². The lowest BCUT2D eigenvalue weighted by molar-refractivity contribution is 0.669. The molecule has 0 unspecified atom stereocenters. The van der Waals surface area contributed by atoms with Gasteiger partial charge in [-0.1, -0.05) is 176 Å². The molecule has 0 radical (unpaired) electrons. The fraction of sp³-hybridized carbons (Fsp3) is 0. The zero-order chi connectivity index (χ0) is 40.5. The smallest absolute Gasteiger partial charge is 0.167 e. The molecule has 3 heterocycles. The zero-order valence-electron chi connectivity index (χ0n) is 32.9. The highest BCUT2D eigenvalue weighted by Crippen LogP contribution is 2.37. The van der Waals surface area contributed by atoms with E-state index in [1.807, 2.05) is 84.9 Å². The molecule has 8 aromatic carbocycles. The van der Waals surface area contributed by atoms with E-state index in [1.165, 1.54) is 0 Å². The second kappa shape index (κ2) is 15.4. The minimum atomic E-state index is 0.545. The van der Waals surface area contributed by atoms with Gasteiger partial charge in [-0.15, -0.1) is 0 Å². The Labute approximate surface area is 352 Å². The largest absolute Gasteiger partial charge is 0.455 e. The van der Waals surface area contributed by atoms with Crippen LogP contribution < -0.4 is 0 Å². The summed E-state index contributed by atoms with van der Waals surface area (Å²) in [5, 5.41) is 2.07. The number of hydrogen-bond acceptors (Lipinski definition) is 6. The molecule has 0 saturated heterocycles. The van der Waals surface area contributed by atoms with Gasteiger partial charge in [0.05, 0.1) is 17.0 Å². The van der Waals surface area contributed by atoms with Gasteiger partial charge in [0, 0.05) is 38.6 Å². The molecule has 0 amide bonds. The molecule has 11 rings (SSSR count). The maximum absolute atomic E-state index is 6.43. The third-order valence-electron chi connectivity index (χ3n) is 10.9. The van der Waals surface area contributed by atoms with E-state index < -0.39 is 0 Å². The van der Waals surface area contributed by atoms with E-state index >= 15 is 0 Å². The van der Waals surface area contributed by atoms with Gasteiger partial charge in [0.1, 0.15) is 11.2 Å². The molecule has 0 N–H and O–H groups in total. The third kappa shape index (κ3) is 7.02. The van der Waals surface area contributed by atoms with Crippen LogP contribution in [0, 0.1) is 0 Å². The Hall–Kier alpha value is -8.35. The number of benzene rings is 8. The molecule has 3 aromatic heterocycles. The molecule has 6 nitrogen and oxygen atoms in total. The molecule has 0 bridgehead atoms. The van der Waals surface area contributed by atoms with Crippen molar-refractivity contribution in [1.82, 2.24) is 24.9 Å². The Morgan fingerprint density at radius 3 is 1.30 bits per heavy atom. The van der Waals surface area contributed by atoms with E-state index in [2.05, 4.69) is 127 Å². The first-order valence-corrected chi connectivity index (χ1v) is 20.2. The van der Waals surface area contributed by atoms with Gasteiger partial charge in [0.25, 0.3) is 0 Å². The summed E-state index contributed by atoms with van der Waals surface area (Å²) in [4.78, 5) is 25.5. The summed E-state index contributed by atoms with van der Waals surface area (Å²) < 4.78 is 6.43. The highest BCUT2D eigenvalue weighted by molar-refractivity contribution is 6.09. The predicted octanol–water partition coefficient (Wildman–Crippen LogP) is 13.9. The molecular formula is C55H35N5O. The molecule has 286 valence electrons. The summed E-state index contributed by atoms with van der Waals surface area (Å²) in [6.07, 6.45) is 0. The first-order chi connectivity index (χ1) is 30.2. The van der Waals surface area contributed by atoms with Crippen LogP contribution in [0.15, 0.2) is 217 Å². The molecular weight excluding hydrogens is 747 g/mol. The Morgan fingerprint density at radius 1 is 0.262 bits per heavy atom. The van der Waals surface area contributed by atoms with E-state index in [1.54, 1.807) is 0 Å². The van der Waals surface area contributed by atoms with Crippen LogP contribution in [0.1, 0.15) is 0 Å². The van der Waals surface area contributed by atoms with Crippen LogP contribution >= 0.6 is 0 Å². The van der Waals surface area contributed by atoms with Crippen molar-refractivity contribution >= 4 is 21.9 Å². The summed E-state index contributed by atoms with van der Waals surface area (Å²) >= 11 is 0. The zero-order valence-corrected chi connectivity index (χ0v) is 32.9. The first-order valence-electron chi connectivity index (χ1n) is 20.2. The minimum Gasteiger partial charge on any atom is -0.455 e. The van der Waals surface area contributed by atoms with Gasteiger partial charge in [-0.25, -0.2) is 24.9 Å². The number of furan rings is 1. The number of para-hydroxylation sites is 2. The molecule has 61 heavy (non-hydrogen) atoms. The van der Waals surface area contributed by atoms with Crippen LogP contribution in [-0.4, -0.2) is 24.9 Å². The normalized spacial score (nSPS) is 11.3. The van der Waals surface area contributed by atoms with Crippen molar-refractivity contribution in [2.75, 3.05) is 0 Å². The monoisotopic (exact) mass is 781 g/mol. The standard InChI is InChI=1S/C55H35N5O/c1-4-16-36(17-5-1)39-22-12-25-42(32-39)48-35-49(57-52(56-48)37-18-6-2-7-19-37)43-26-13-23-40(33-43)41-24-14-27-44(34-41)54-58-53(38-20-8-3-9-21-38)59-55(60-54)47-30-15-29-46-45-28-10-11-31-50(45)61-51(46)47/h1-35H. The number of hydrogen-bond donors (Lipinski definition) is 0. The van der Waals surface area contributed by atoms with E-state index in [4.69, 9.17) is 29.3 Å². The number of aromatic nitrogens is 5. The van der Waals surface area contributed by atoms with Crippen molar-refractivity contribution in [3.05, 3.63) is 212 Å². The molecule has 0 aliphatic rings. The topological polar surface area (TPSA) is 77.6 Å². The maximum atomic E-state index is 6.43. The van der Waals surface area contributed by atoms with Crippen molar-refractivity contribution in [3.63, 3.8) is 0 Å². The van der Waals surface area contributed by atoms with Crippen LogP contribution in [0.2, 0.25) is 0 Å². The Balaban J connectivity index is 1.01. The maximum Gasteiger partial charge on any atom is 0.167 e. The van der Waals surface area contributed by atoms with Crippen molar-refractivity contribution in [2.24, 2.45) is 0 Å². The SMILES string of the molecule is c1ccc(-c2cccc(-c3cc(-c4cccc(-c5cccc(-c6nc(-c7ccccc7)nc(-c7cccc8c7oc7ccccc78)n6)c5)c4)nc(-c4ccccc4)n3)c2)cc1. The van der Waals surface area contributed by atoms with E-state index in [-0.39, 0.29) is 0 Å². The third-order valence-corrected chi connectivity index (χ3v) is 10.9. The summed E-state index contributed by atoms with van der Waals surface area (Å²) in [7, 11) is 0. The van der Waals surface area contributed by atoms with Gasteiger partial charge in [-0.2, -0.15) is 0 Å². The van der Waals surface area contributed by atoms with Crippen LogP contribution in [0.25, 0.3) is 112 Å². The van der Waals surface area contributed by atoms with Gasteiger partial charge < -0.3 is 4.42 Å². The van der Waals surface area contributed by atoms with E-state index in [0.717, 1.165) is 89.0 Å². The van der Waals surface area contributed by atoms with Crippen molar-refractivity contribution in [2.45, 2.75) is 0 Å². The molecule has 0 saturated carbocycles. The number of fused-ring (bicyclic) bond motifs is 3. The molecule has 6 heteroatoms. The van der Waals surface area contributed by atoms with Gasteiger partial charge in [0.15, 0.2) is 23.3 Å². The lowest BCUT2D eigenvalue weighted by atomic mass is 9.98. The highest BCUT2D eigenvalue weighted by atomic mass is 16.3. The Bertz CT molecular complexity index is 3360. The van der Waals surface area contributed by atoms with E-state index in [9.17, 15) is 0 Å². The predicted molar refractivity (Wildman–Crippen MR) is 246 cm³/mol. The second-order valence-corrected chi connectivity index (χ2v) is 14.9. The summed E-state index contributed by atoms with van der Waals surface area (Å²) in [6.45, 7) is 0. The molecule has 0 fully saturated rings. The lowest BCUT2D eigenvalue weighted by Gasteiger charge is -2.12. The fourth-order valence-corrected chi connectivity index (χ4v) is 7.91. The molecule has 0 aliphatic carbocycles. The number of rotatable bonds is 8. The quantitative estimate of drug-likeness (QED) is 0.153. The van der Waals surface area contributed by atoms with Gasteiger partial charge in [-0.3, -0.25) is 0 Å². The highest BCUT2D eigenvalue weighted by Gasteiger charge is 2.18. The van der Waals surface area contributed by atoms with Gasteiger partial charge >= 0.3 is 0 Å². The van der Waals surface area contributed by atoms with Crippen molar-refractivity contribution < 1.29 is 4.42 Å². The van der Waals surface area contributed by atoms with Crippen LogP contribution in [0.5, 0.6) is 0 Å². The van der Waals surface area contributed by atoms with Crippen molar-refractivity contribution in [3.8, 4) is 90.3 Å². The molecule has 11 aromatic rings. The molecule has 0 aliphatic heterocycles. The lowest BCUT2D eigenvalue weighted by Crippen LogP contribution is -2.00. The average molecular weight is 782 g/mol. The second-order valence-electron chi connectivity index (χ2n) is 14.9. The first kappa shape index (κ1) is 35.8. The van der Waals surface area contributed by atoms with Gasteiger partial charge in [0.2, 0.25) is 0 Å². The Kier molecular flexibility index (Phi) is 9.06. The van der Waals surface area contributed by atoms with Crippen molar-refractivity contribution in [1.29, 1.82) is 0 Å². The average Bonchev–Trinajstić information content (AvgIpc) is 3.74. The summed E-state index contributed by atoms with van der Waals surface area (Å²) in [5.74, 6) is 2.37. The number of nitrogens with zero attached hydrogens (tertiary/aromatic N) is 5. The molecule has 0 spiro atoms. The summed E-state index contributed by atoms with van der Waals surface area (Å²) in [5.41, 5.74) is 13.2. The fourth-order valence-electron chi connectivity index (χ4n) is 7.91. The van der Waals surface area contributed by atoms with Gasteiger partial charge in [-0.05, 0) is 58.7 Å². The summed E-state index contributed by atoms with van der Waals surface area (Å²) in [6, 6.07) is 72.3. The van der Waals surface area contributed by atoms with Crippen LogP contribution in [0.3, 0.4) is 0 Å². The minimum absolute atomic E-state index is 0.545.